The topological polar surface area (TPSA) is 86.8 Å². The van der Waals surface area contributed by atoms with Crippen LogP contribution in [0.15, 0.2) is 71.6 Å². The second kappa shape index (κ2) is 12.9. The van der Waals surface area contributed by atoms with Crippen LogP contribution in [0.3, 0.4) is 0 Å². The Morgan fingerprint density at radius 3 is 2.10 bits per heavy atom. The first-order chi connectivity index (χ1) is 19.1. The third-order valence-corrected chi connectivity index (χ3v) is 8.66. The Balaban J connectivity index is 2.11. The quantitative estimate of drug-likeness (QED) is 0.334. The zero-order chi connectivity index (χ0) is 30.5. The molecule has 41 heavy (non-hydrogen) atoms. The number of aryl methyl sites for hydroxylation is 2. The van der Waals surface area contributed by atoms with Gasteiger partial charge in [-0.15, -0.1) is 0 Å². The predicted molar refractivity (Wildman–Crippen MR) is 161 cm³/mol. The van der Waals surface area contributed by atoms with E-state index in [0.29, 0.717) is 17.7 Å². The Morgan fingerprint density at radius 2 is 1.54 bits per heavy atom. The molecule has 0 aliphatic carbocycles. The lowest BCUT2D eigenvalue weighted by Gasteiger charge is -2.35. The average Bonchev–Trinajstić information content (AvgIpc) is 2.89. The van der Waals surface area contributed by atoms with Crippen LogP contribution < -0.4 is 9.62 Å². The van der Waals surface area contributed by atoms with Crippen LogP contribution in [0.25, 0.3) is 0 Å². The van der Waals surface area contributed by atoms with Gasteiger partial charge in [0, 0.05) is 12.1 Å². The van der Waals surface area contributed by atoms with E-state index in [1.807, 2.05) is 47.6 Å². The van der Waals surface area contributed by atoms with Crippen LogP contribution in [-0.4, -0.2) is 43.3 Å². The van der Waals surface area contributed by atoms with Gasteiger partial charge in [0.2, 0.25) is 11.8 Å². The van der Waals surface area contributed by atoms with Gasteiger partial charge in [-0.1, -0.05) is 48.9 Å². The Hall–Kier alpha value is -3.72. The number of nitrogens with zero attached hydrogens (tertiary/aromatic N) is 2. The second-order valence-electron chi connectivity index (χ2n) is 11.4. The number of carbonyl (C=O) groups is 2. The zero-order valence-electron chi connectivity index (χ0n) is 24.9. The average molecular weight is 582 g/mol. The van der Waals surface area contributed by atoms with Gasteiger partial charge in [-0.25, -0.2) is 12.8 Å². The molecule has 1 atom stereocenters. The van der Waals surface area contributed by atoms with Gasteiger partial charge in [0.15, 0.2) is 0 Å². The number of rotatable bonds is 10. The van der Waals surface area contributed by atoms with Crippen molar-refractivity contribution in [3.05, 3.63) is 94.8 Å². The number of benzene rings is 3. The summed E-state index contributed by atoms with van der Waals surface area (Å²) in [7, 11) is -4.16. The maximum atomic E-state index is 14.2. The van der Waals surface area contributed by atoms with E-state index in [4.69, 9.17) is 0 Å². The maximum Gasteiger partial charge on any atom is 0.264 e. The van der Waals surface area contributed by atoms with E-state index < -0.39 is 39.9 Å². The molecule has 3 aromatic carbocycles. The van der Waals surface area contributed by atoms with E-state index in [9.17, 15) is 22.4 Å². The lowest BCUT2D eigenvalue weighted by molar-refractivity contribution is -0.141. The second-order valence-corrected chi connectivity index (χ2v) is 13.2. The number of carbonyl (C=O) groups excluding carboxylic acids is 2. The van der Waals surface area contributed by atoms with Crippen LogP contribution >= 0.6 is 0 Å². The van der Waals surface area contributed by atoms with Crippen LogP contribution in [0.2, 0.25) is 0 Å². The van der Waals surface area contributed by atoms with Gasteiger partial charge in [-0.05, 0) is 95.0 Å². The Labute approximate surface area is 243 Å². The number of sulfonamides is 1. The highest BCUT2D eigenvalue weighted by Crippen LogP contribution is 2.29. The van der Waals surface area contributed by atoms with E-state index in [0.717, 1.165) is 21.0 Å². The summed E-state index contributed by atoms with van der Waals surface area (Å²) in [6, 6.07) is 16.6. The molecule has 3 aromatic rings. The summed E-state index contributed by atoms with van der Waals surface area (Å²) < 4.78 is 42.9. The van der Waals surface area contributed by atoms with Crippen LogP contribution in [0.5, 0.6) is 0 Å². The molecule has 0 aliphatic rings. The summed E-state index contributed by atoms with van der Waals surface area (Å²) in [6.07, 6.45) is 0.295. The molecule has 0 spiro atoms. The zero-order valence-corrected chi connectivity index (χ0v) is 25.7. The van der Waals surface area contributed by atoms with Gasteiger partial charge in [0.25, 0.3) is 10.0 Å². The monoisotopic (exact) mass is 581 g/mol. The van der Waals surface area contributed by atoms with Crippen LogP contribution in [0.4, 0.5) is 10.1 Å². The normalized spacial score (nSPS) is 12.5. The van der Waals surface area contributed by atoms with Gasteiger partial charge in [-0.2, -0.15) is 0 Å². The predicted octanol–water partition coefficient (Wildman–Crippen LogP) is 5.67. The van der Waals surface area contributed by atoms with E-state index in [1.165, 1.54) is 29.2 Å². The van der Waals surface area contributed by atoms with Gasteiger partial charge in [0.05, 0.1) is 10.6 Å². The fourth-order valence-corrected chi connectivity index (χ4v) is 5.99. The molecule has 2 amide bonds. The fourth-order valence-electron chi connectivity index (χ4n) is 4.52. The maximum absolute atomic E-state index is 14.2. The third-order valence-electron chi connectivity index (χ3n) is 6.88. The van der Waals surface area contributed by atoms with Crippen molar-refractivity contribution >= 4 is 27.5 Å². The summed E-state index contributed by atoms with van der Waals surface area (Å²) >= 11 is 0. The molecule has 0 heterocycles. The molecule has 1 unspecified atom stereocenters. The summed E-state index contributed by atoms with van der Waals surface area (Å²) in [5.41, 5.74) is 2.94. The first kappa shape index (κ1) is 31.8. The first-order valence-corrected chi connectivity index (χ1v) is 15.1. The number of amides is 2. The Morgan fingerprint density at radius 1 is 0.927 bits per heavy atom. The molecule has 0 radical (unpaired) electrons. The largest absolute Gasteiger partial charge is 0.350 e. The van der Waals surface area contributed by atoms with E-state index in [-0.39, 0.29) is 17.3 Å². The molecule has 0 saturated carbocycles. The van der Waals surface area contributed by atoms with E-state index in [2.05, 4.69) is 5.32 Å². The van der Waals surface area contributed by atoms with Crippen molar-refractivity contribution in [1.82, 2.24) is 10.2 Å². The molecule has 220 valence electrons. The van der Waals surface area contributed by atoms with Gasteiger partial charge >= 0.3 is 0 Å². The number of anilines is 1. The number of nitrogens with one attached hydrogen (secondary N) is 1. The fraction of sp³-hybridized carbons (Fsp3) is 0.375. The minimum absolute atomic E-state index is 0.000399. The van der Waals surface area contributed by atoms with Gasteiger partial charge < -0.3 is 10.2 Å². The van der Waals surface area contributed by atoms with E-state index in [1.54, 1.807) is 43.3 Å². The third kappa shape index (κ3) is 7.94. The van der Waals surface area contributed by atoms with Crippen molar-refractivity contribution < 1.29 is 22.4 Å². The molecule has 0 aliphatic heterocycles. The lowest BCUT2D eigenvalue weighted by atomic mass is 10.1. The van der Waals surface area contributed by atoms with Crippen molar-refractivity contribution in [2.45, 2.75) is 77.9 Å². The highest BCUT2D eigenvalue weighted by Gasteiger charge is 2.35. The highest BCUT2D eigenvalue weighted by molar-refractivity contribution is 7.92. The molecule has 3 rings (SSSR count). The Bertz CT molecular complexity index is 1480. The van der Waals surface area contributed by atoms with Gasteiger partial charge in [-0.3, -0.25) is 13.9 Å². The van der Waals surface area contributed by atoms with Crippen LogP contribution in [0.1, 0.15) is 56.4 Å². The van der Waals surface area contributed by atoms with Crippen molar-refractivity contribution in [3.8, 4) is 0 Å². The molecular formula is C32H40FN3O4S. The van der Waals surface area contributed by atoms with Crippen LogP contribution in [0, 0.1) is 26.6 Å². The SMILES string of the molecule is CCC(C(=O)NC(C)(C)C)N(Cc1ccc(F)cc1)C(=O)CN(c1cccc(C)c1C)S(=O)(=O)c1ccc(C)cc1. The molecule has 0 fully saturated rings. The van der Waals surface area contributed by atoms with Crippen molar-refractivity contribution in [2.75, 3.05) is 10.8 Å². The van der Waals surface area contributed by atoms with Crippen LogP contribution in [-0.2, 0) is 26.2 Å². The summed E-state index contributed by atoms with van der Waals surface area (Å²) in [4.78, 5) is 29.0. The summed E-state index contributed by atoms with van der Waals surface area (Å²) in [6.45, 7) is 12.4. The first-order valence-electron chi connectivity index (χ1n) is 13.7. The van der Waals surface area contributed by atoms with Crippen molar-refractivity contribution in [2.24, 2.45) is 0 Å². The van der Waals surface area contributed by atoms with Crippen molar-refractivity contribution in [3.63, 3.8) is 0 Å². The molecule has 0 aromatic heterocycles. The molecule has 0 saturated heterocycles. The lowest BCUT2D eigenvalue weighted by Crippen LogP contribution is -2.55. The molecule has 7 nitrogen and oxygen atoms in total. The molecular weight excluding hydrogens is 541 g/mol. The van der Waals surface area contributed by atoms with Crippen molar-refractivity contribution in [1.29, 1.82) is 0 Å². The molecule has 1 N–H and O–H groups in total. The highest BCUT2D eigenvalue weighted by atomic mass is 32.2. The minimum Gasteiger partial charge on any atom is -0.350 e. The minimum atomic E-state index is -4.16. The molecule has 0 bridgehead atoms. The summed E-state index contributed by atoms with van der Waals surface area (Å²) in [5, 5.41) is 2.94. The smallest absolute Gasteiger partial charge is 0.264 e. The standard InChI is InChI=1S/C32H40FN3O4S/c1-8-28(31(38)34-32(5,6)7)35(20-25-14-16-26(33)17-15-25)30(37)21-36(29-11-9-10-23(3)24(29)4)41(39,40)27-18-12-22(2)13-19-27/h9-19,28H,8,20-21H2,1-7H3,(H,34,38). The van der Waals surface area contributed by atoms with Gasteiger partial charge in [0.1, 0.15) is 18.4 Å². The number of hydrogen-bond acceptors (Lipinski definition) is 4. The van der Waals surface area contributed by atoms with E-state index >= 15 is 0 Å². The Kier molecular flexibility index (Phi) is 9.97. The molecule has 9 heteroatoms. The summed E-state index contributed by atoms with van der Waals surface area (Å²) in [5.74, 6) is -1.33. The number of hydrogen-bond donors (Lipinski definition) is 1. The number of halogens is 1.